The summed E-state index contributed by atoms with van der Waals surface area (Å²) in [5.41, 5.74) is 0. The predicted molar refractivity (Wildman–Crippen MR) is 94.6 cm³/mol. The second-order valence-electron chi connectivity index (χ2n) is 8.04. The highest BCUT2D eigenvalue weighted by atomic mass is 16.2. The Labute approximate surface area is 146 Å². The highest BCUT2D eigenvalue weighted by Crippen LogP contribution is 2.32. The number of likely N-dealkylation sites (tertiary alicyclic amines) is 1. The van der Waals surface area contributed by atoms with Gasteiger partial charge in [-0.3, -0.25) is 14.5 Å². The number of hydrogen-bond donors (Lipinski definition) is 0. The zero-order valence-electron chi connectivity index (χ0n) is 15.4. The number of nitrogens with zero attached hydrogens (tertiary/aromatic N) is 3. The van der Waals surface area contributed by atoms with Crippen LogP contribution in [0.1, 0.15) is 52.4 Å². The van der Waals surface area contributed by atoms with E-state index in [2.05, 4.69) is 16.7 Å². The molecule has 3 fully saturated rings. The van der Waals surface area contributed by atoms with Crippen LogP contribution in [0.5, 0.6) is 0 Å². The average Bonchev–Trinajstić information content (AvgIpc) is 3.10. The van der Waals surface area contributed by atoms with Crippen LogP contribution < -0.4 is 0 Å². The van der Waals surface area contributed by atoms with Gasteiger partial charge < -0.3 is 9.80 Å². The summed E-state index contributed by atoms with van der Waals surface area (Å²) in [7, 11) is 0. The molecule has 0 aromatic carbocycles. The molecule has 2 saturated heterocycles. The first kappa shape index (κ1) is 17.7. The van der Waals surface area contributed by atoms with Crippen molar-refractivity contribution >= 4 is 11.8 Å². The molecule has 3 rings (SSSR count). The van der Waals surface area contributed by atoms with Crippen LogP contribution >= 0.6 is 0 Å². The van der Waals surface area contributed by atoms with Gasteiger partial charge in [0.15, 0.2) is 0 Å². The molecule has 3 aliphatic rings. The number of piperazine rings is 1. The van der Waals surface area contributed by atoms with Crippen molar-refractivity contribution < 1.29 is 9.59 Å². The molecule has 0 spiro atoms. The first-order valence-electron chi connectivity index (χ1n) is 9.84. The monoisotopic (exact) mass is 335 g/mol. The van der Waals surface area contributed by atoms with Crippen molar-refractivity contribution in [1.82, 2.24) is 14.7 Å². The number of hydrogen-bond acceptors (Lipinski definition) is 3. The van der Waals surface area contributed by atoms with Gasteiger partial charge >= 0.3 is 0 Å². The van der Waals surface area contributed by atoms with Gasteiger partial charge in [0, 0.05) is 46.2 Å². The standard InChI is InChI=1S/C19H33N3O2/c1-15-7-9-22(10-8-15)19(24)18(17-5-3-4-6-17)21-13-11-20(12-14-21)16(2)23/h15,17-18H,3-14H2,1-2H3. The molecule has 1 atom stereocenters. The fourth-order valence-electron chi connectivity index (χ4n) is 4.66. The van der Waals surface area contributed by atoms with E-state index in [9.17, 15) is 9.59 Å². The SMILES string of the molecule is CC(=O)N1CCN(C(C(=O)N2CCC(C)CC2)C2CCCC2)CC1. The molecule has 2 heterocycles. The summed E-state index contributed by atoms with van der Waals surface area (Å²) in [6.45, 7) is 9.01. The molecule has 2 aliphatic heterocycles. The molecule has 1 aliphatic carbocycles. The maximum atomic E-state index is 13.3. The minimum Gasteiger partial charge on any atom is -0.341 e. The molecule has 0 aromatic rings. The third kappa shape index (κ3) is 3.93. The Morgan fingerprint density at radius 3 is 1.96 bits per heavy atom. The fraction of sp³-hybridized carbons (Fsp3) is 0.895. The Kier molecular flexibility index (Phi) is 5.80. The second-order valence-corrected chi connectivity index (χ2v) is 8.04. The van der Waals surface area contributed by atoms with E-state index in [1.807, 2.05) is 4.90 Å². The fourth-order valence-corrected chi connectivity index (χ4v) is 4.66. The van der Waals surface area contributed by atoms with E-state index in [4.69, 9.17) is 0 Å². The lowest BCUT2D eigenvalue weighted by Gasteiger charge is -2.43. The first-order chi connectivity index (χ1) is 11.6. The molecule has 0 bridgehead atoms. The van der Waals surface area contributed by atoms with Crippen LogP contribution in [-0.2, 0) is 9.59 Å². The van der Waals surface area contributed by atoms with E-state index in [-0.39, 0.29) is 11.9 Å². The largest absolute Gasteiger partial charge is 0.341 e. The summed E-state index contributed by atoms with van der Waals surface area (Å²) in [5.74, 6) is 1.78. The van der Waals surface area contributed by atoms with E-state index in [1.165, 1.54) is 25.7 Å². The van der Waals surface area contributed by atoms with Crippen LogP contribution in [0.4, 0.5) is 0 Å². The quantitative estimate of drug-likeness (QED) is 0.792. The van der Waals surface area contributed by atoms with Gasteiger partial charge in [-0.05, 0) is 37.5 Å². The van der Waals surface area contributed by atoms with Gasteiger partial charge in [0.05, 0.1) is 6.04 Å². The van der Waals surface area contributed by atoms with Gasteiger partial charge in [0.1, 0.15) is 0 Å². The average molecular weight is 335 g/mol. The topological polar surface area (TPSA) is 43.9 Å². The Morgan fingerprint density at radius 2 is 1.42 bits per heavy atom. The Bertz CT molecular complexity index is 446. The summed E-state index contributed by atoms with van der Waals surface area (Å²) < 4.78 is 0. The molecule has 5 heteroatoms. The van der Waals surface area contributed by atoms with E-state index in [0.717, 1.165) is 58.0 Å². The summed E-state index contributed by atoms with van der Waals surface area (Å²) in [5, 5.41) is 0. The van der Waals surface area contributed by atoms with E-state index in [1.54, 1.807) is 6.92 Å². The van der Waals surface area contributed by atoms with Crippen LogP contribution in [0.25, 0.3) is 0 Å². The number of rotatable bonds is 3. The minimum atomic E-state index is 0.0509. The summed E-state index contributed by atoms with van der Waals surface area (Å²) >= 11 is 0. The first-order valence-corrected chi connectivity index (χ1v) is 9.84. The van der Waals surface area contributed by atoms with E-state index < -0.39 is 0 Å². The van der Waals surface area contributed by atoms with Gasteiger partial charge in [-0.2, -0.15) is 0 Å². The number of amides is 2. The van der Waals surface area contributed by atoms with Gasteiger partial charge in [-0.25, -0.2) is 0 Å². The summed E-state index contributed by atoms with van der Waals surface area (Å²) in [4.78, 5) is 31.3. The van der Waals surface area contributed by atoms with Crippen LogP contribution in [0.2, 0.25) is 0 Å². The zero-order valence-corrected chi connectivity index (χ0v) is 15.4. The summed E-state index contributed by atoms with van der Waals surface area (Å²) in [6.07, 6.45) is 7.18. The minimum absolute atomic E-state index is 0.0509. The van der Waals surface area contributed by atoms with Crippen molar-refractivity contribution in [3.05, 3.63) is 0 Å². The molecule has 5 nitrogen and oxygen atoms in total. The smallest absolute Gasteiger partial charge is 0.240 e. The highest BCUT2D eigenvalue weighted by molar-refractivity contribution is 5.82. The predicted octanol–water partition coefficient (Wildman–Crippen LogP) is 1.97. The molecule has 1 unspecified atom stereocenters. The van der Waals surface area contributed by atoms with Crippen molar-refractivity contribution in [2.24, 2.45) is 11.8 Å². The van der Waals surface area contributed by atoms with Gasteiger partial charge in [-0.15, -0.1) is 0 Å². The van der Waals surface area contributed by atoms with Crippen LogP contribution in [-0.4, -0.2) is 71.8 Å². The maximum Gasteiger partial charge on any atom is 0.240 e. The molecule has 0 radical (unpaired) electrons. The van der Waals surface area contributed by atoms with Crippen LogP contribution in [0, 0.1) is 11.8 Å². The van der Waals surface area contributed by atoms with Crippen molar-refractivity contribution in [3.8, 4) is 0 Å². The molecular formula is C19H33N3O2. The highest BCUT2D eigenvalue weighted by Gasteiger charge is 2.39. The number of carbonyl (C=O) groups excluding carboxylic acids is 2. The molecule has 0 N–H and O–H groups in total. The maximum absolute atomic E-state index is 13.3. The summed E-state index contributed by atoms with van der Waals surface area (Å²) in [6, 6.07) is 0.0509. The third-order valence-corrected chi connectivity index (χ3v) is 6.35. The Morgan fingerprint density at radius 1 is 0.833 bits per heavy atom. The lowest BCUT2D eigenvalue weighted by molar-refractivity contribution is -0.142. The van der Waals surface area contributed by atoms with Crippen LogP contribution in [0.3, 0.4) is 0 Å². The third-order valence-electron chi connectivity index (χ3n) is 6.35. The van der Waals surface area contributed by atoms with E-state index >= 15 is 0 Å². The van der Waals surface area contributed by atoms with Crippen molar-refractivity contribution in [2.45, 2.75) is 58.4 Å². The number of carbonyl (C=O) groups is 2. The van der Waals surface area contributed by atoms with Crippen LogP contribution in [0.15, 0.2) is 0 Å². The van der Waals surface area contributed by atoms with Crippen molar-refractivity contribution in [3.63, 3.8) is 0 Å². The van der Waals surface area contributed by atoms with Crippen molar-refractivity contribution in [2.75, 3.05) is 39.3 Å². The lowest BCUT2D eigenvalue weighted by atomic mass is 9.92. The molecule has 24 heavy (non-hydrogen) atoms. The Balaban J connectivity index is 1.67. The van der Waals surface area contributed by atoms with E-state index in [0.29, 0.717) is 11.8 Å². The van der Waals surface area contributed by atoms with Gasteiger partial charge in [0.25, 0.3) is 0 Å². The van der Waals surface area contributed by atoms with Gasteiger partial charge in [-0.1, -0.05) is 19.8 Å². The second kappa shape index (κ2) is 7.85. The Hall–Kier alpha value is -1.10. The lowest BCUT2D eigenvalue weighted by Crippen LogP contribution is -2.59. The molecule has 0 aromatic heterocycles. The molecule has 1 saturated carbocycles. The molecular weight excluding hydrogens is 302 g/mol. The van der Waals surface area contributed by atoms with Crippen molar-refractivity contribution in [1.29, 1.82) is 0 Å². The number of piperidine rings is 1. The zero-order chi connectivity index (χ0) is 17.1. The van der Waals surface area contributed by atoms with Gasteiger partial charge in [0.2, 0.25) is 11.8 Å². The molecule has 2 amide bonds. The molecule has 136 valence electrons. The normalized spacial score (nSPS) is 25.9.